The van der Waals surface area contributed by atoms with Crippen LogP contribution in [0.4, 0.5) is 0 Å². The molecule has 2 atom stereocenters. The molecule has 1 heterocycles. The lowest BCUT2D eigenvalue weighted by Crippen LogP contribution is -2.51. The van der Waals surface area contributed by atoms with Gasteiger partial charge in [-0.2, -0.15) is 5.26 Å². The number of nitrogens with zero attached hydrogens (tertiary/aromatic N) is 5. The highest BCUT2D eigenvalue weighted by Gasteiger charge is 2.28. The van der Waals surface area contributed by atoms with Gasteiger partial charge in [0.15, 0.2) is 0 Å². The fraction of sp³-hybridized carbons (Fsp3) is 0.357. The van der Waals surface area contributed by atoms with Crippen molar-refractivity contribution in [3.05, 3.63) is 89.5 Å². The second-order valence-corrected chi connectivity index (χ2v) is 9.50. The molecule has 2 aromatic carbocycles. The van der Waals surface area contributed by atoms with Gasteiger partial charge >= 0.3 is 0 Å². The Labute approximate surface area is 217 Å². The van der Waals surface area contributed by atoms with Crippen LogP contribution in [0.2, 0.25) is 0 Å². The number of benzene rings is 2. The highest BCUT2D eigenvalue weighted by molar-refractivity contribution is 6.21. The Morgan fingerprint density at radius 1 is 1.08 bits per heavy atom. The molecule has 2 amide bonds. The summed E-state index contributed by atoms with van der Waals surface area (Å²) in [6.45, 7) is 6.57. The average Bonchev–Trinajstić information content (AvgIpc) is 3.32. The molecule has 0 aliphatic carbocycles. The third-order valence-electron chi connectivity index (χ3n) is 6.29. The number of rotatable bonds is 10. The van der Waals surface area contributed by atoms with Crippen LogP contribution in [0.15, 0.2) is 67.1 Å². The van der Waals surface area contributed by atoms with E-state index >= 15 is 0 Å². The molecule has 8 heteroatoms. The molecule has 0 N–H and O–H groups in total. The second-order valence-electron chi connectivity index (χ2n) is 8.94. The number of hydrogen-bond acceptors (Lipinski definition) is 4. The van der Waals surface area contributed by atoms with Gasteiger partial charge in [-0.25, -0.2) is 15.0 Å². The van der Waals surface area contributed by atoms with E-state index in [1.165, 1.54) is 16.9 Å². The minimum absolute atomic E-state index is 0.0726. The van der Waals surface area contributed by atoms with Crippen LogP contribution in [-0.2, 0) is 29.1 Å². The van der Waals surface area contributed by atoms with E-state index in [4.69, 9.17) is 16.9 Å². The lowest BCUT2D eigenvalue weighted by molar-refractivity contribution is -0.164. The number of nitriles is 1. The summed E-state index contributed by atoms with van der Waals surface area (Å²) in [5, 5.41) is 11.7. The summed E-state index contributed by atoms with van der Waals surface area (Å²) in [4.78, 5) is 30.7. The fourth-order valence-electron chi connectivity index (χ4n) is 3.83. The highest BCUT2D eigenvalue weighted by Crippen LogP contribution is 2.19. The van der Waals surface area contributed by atoms with E-state index in [1.807, 2.05) is 54.0 Å². The molecule has 0 spiro atoms. The van der Waals surface area contributed by atoms with E-state index in [9.17, 15) is 9.59 Å². The molecular weight excluding hydrogens is 474 g/mol. The minimum Gasteiger partial charge on any atom is -0.330 e. The van der Waals surface area contributed by atoms with E-state index < -0.39 is 0 Å². The number of hydrazine groups is 1. The van der Waals surface area contributed by atoms with Gasteiger partial charge < -0.3 is 4.57 Å². The van der Waals surface area contributed by atoms with Crippen molar-refractivity contribution in [1.82, 2.24) is 19.6 Å². The van der Waals surface area contributed by atoms with Crippen LogP contribution in [0.3, 0.4) is 0 Å². The monoisotopic (exact) mass is 505 g/mol. The van der Waals surface area contributed by atoms with Crippen LogP contribution < -0.4 is 0 Å². The number of alkyl halides is 1. The van der Waals surface area contributed by atoms with E-state index in [2.05, 4.69) is 18.0 Å². The van der Waals surface area contributed by atoms with Crippen molar-refractivity contribution in [3.8, 4) is 6.07 Å². The smallest absolute Gasteiger partial charge is 0.247 e. The molecule has 36 heavy (non-hydrogen) atoms. The lowest BCUT2D eigenvalue weighted by Gasteiger charge is -2.36. The van der Waals surface area contributed by atoms with Gasteiger partial charge in [0.1, 0.15) is 0 Å². The molecule has 3 rings (SSSR count). The standard InChI is InChI=1S/C28H32ClN5O2/c1-4-21(2)27(29)19-33(22(3)35)34(18-24-8-6-5-7-9-24)28(36)14-26-16-31-20-32(26)17-25-12-10-23(15-30)11-13-25/h5-13,16,20-21,27H,4,14,17-19H2,1-3H3/t21-,27+/m0/s1. The number of aromatic nitrogens is 2. The predicted octanol–water partition coefficient (Wildman–Crippen LogP) is 4.79. The number of amides is 2. The fourth-order valence-corrected chi connectivity index (χ4v) is 4.14. The van der Waals surface area contributed by atoms with Crippen molar-refractivity contribution < 1.29 is 9.59 Å². The zero-order valence-corrected chi connectivity index (χ0v) is 21.7. The van der Waals surface area contributed by atoms with Gasteiger partial charge in [0.05, 0.1) is 42.8 Å². The van der Waals surface area contributed by atoms with Gasteiger partial charge in [0.2, 0.25) is 11.8 Å². The average molecular weight is 506 g/mol. The maximum atomic E-state index is 13.7. The maximum Gasteiger partial charge on any atom is 0.247 e. The second kappa shape index (κ2) is 12.9. The van der Waals surface area contributed by atoms with Gasteiger partial charge in [-0.3, -0.25) is 9.59 Å². The largest absolute Gasteiger partial charge is 0.330 e. The van der Waals surface area contributed by atoms with E-state index in [1.54, 1.807) is 24.7 Å². The molecule has 7 nitrogen and oxygen atoms in total. The van der Waals surface area contributed by atoms with E-state index in [-0.39, 0.29) is 42.6 Å². The molecule has 0 saturated heterocycles. The summed E-state index contributed by atoms with van der Waals surface area (Å²) in [6.07, 6.45) is 4.30. The molecule has 0 aliphatic heterocycles. The van der Waals surface area contributed by atoms with Crippen LogP contribution in [0.25, 0.3) is 0 Å². The molecule has 1 aromatic heterocycles. The summed E-state index contributed by atoms with van der Waals surface area (Å²) >= 11 is 6.64. The third kappa shape index (κ3) is 7.19. The number of carbonyl (C=O) groups is 2. The summed E-state index contributed by atoms with van der Waals surface area (Å²) in [7, 11) is 0. The third-order valence-corrected chi connectivity index (χ3v) is 6.86. The number of hydrogen-bond donors (Lipinski definition) is 0. The van der Waals surface area contributed by atoms with Gasteiger partial charge in [-0.15, -0.1) is 11.6 Å². The Morgan fingerprint density at radius 2 is 1.78 bits per heavy atom. The molecule has 188 valence electrons. The summed E-state index contributed by atoms with van der Waals surface area (Å²) < 4.78 is 1.90. The number of carbonyl (C=O) groups excluding carboxylic acids is 2. The van der Waals surface area contributed by atoms with E-state index in [0.717, 1.165) is 23.2 Å². The molecule has 0 aliphatic rings. The molecule has 0 radical (unpaired) electrons. The quantitative estimate of drug-likeness (QED) is 0.293. The Morgan fingerprint density at radius 3 is 2.39 bits per heavy atom. The van der Waals surface area contributed by atoms with Crippen LogP contribution in [-0.4, -0.2) is 43.3 Å². The van der Waals surface area contributed by atoms with Crippen LogP contribution >= 0.6 is 11.6 Å². The van der Waals surface area contributed by atoms with Gasteiger partial charge in [-0.1, -0.05) is 62.7 Å². The first-order valence-corrected chi connectivity index (χ1v) is 12.5. The normalized spacial score (nSPS) is 12.4. The molecular formula is C28H32ClN5O2. The topological polar surface area (TPSA) is 82.2 Å². The SMILES string of the molecule is CC[C@H](C)[C@H](Cl)CN(C(C)=O)N(Cc1ccccc1)C(=O)Cc1cncn1Cc1ccc(C#N)cc1. The summed E-state index contributed by atoms with van der Waals surface area (Å²) in [5.74, 6) is -0.265. The molecule has 0 bridgehead atoms. The van der Waals surface area contributed by atoms with Crippen molar-refractivity contribution in [1.29, 1.82) is 5.26 Å². The van der Waals surface area contributed by atoms with Crippen molar-refractivity contribution >= 4 is 23.4 Å². The van der Waals surface area contributed by atoms with Gasteiger partial charge in [0, 0.05) is 25.4 Å². The minimum atomic E-state index is -0.285. The summed E-state index contributed by atoms with van der Waals surface area (Å²) in [5.41, 5.74) is 3.23. The van der Waals surface area contributed by atoms with Crippen molar-refractivity contribution in [3.63, 3.8) is 0 Å². The van der Waals surface area contributed by atoms with E-state index in [0.29, 0.717) is 12.1 Å². The van der Waals surface area contributed by atoms with Crippen molar-refractivity contribution in [2.45, 2.75) is 52.1 Å². The highest BCUT2D eigenvalue weighted by atomic mass is 35.5. The van der Waals surface area contributed by atoms with Crippen molar-refractivity contribution in [2.24, 2.45) is 5.92 Å². The van der Waals surface area contributed by atoms with Gasteiger partial charge in [-0.05, 0) is 29.2 Å². The summed E-state index contributed by atoms with van der Waals surface area (Å²) in [6, 6.07) is 19.0. The first kappa shape index (κ1) is 27.0. The maximum absolute atomic E-state index is 13.7. The number of imidazole rings is 1. The lowest BCUT2D eigenvalue weighted by atomic mass is 10.0. The zero-order valence-electron chi connectivity index (χ0n) is 21.0. The van der Waals surface area contributed by atoms with Crippen LogP contribution in [0.1, 0.15) is 49.6 Å². The molecule has 3 aromatic rings. The van der Waals surface area contributed by atoms with Crippen LogP contribution in [0.5, 0.6) is 0 Å². The molecule has 0 unspecified atom stereocenters. The Bertz CT molecular complexity index is 1190. The Balaban J connectivity index is 1.84. The predicted molar refractivity (Wildman–Crippen MR) is 140 cm³/mol. The Kier molecular flexibility index (Phi) is 9.66. The Hall–Kier alpha value is -3.63. The zero-order chi connectivity index (χ0) is 26.1. The van der Waals surface area contributed by atoms with Gasteiger partial charge in [0.25, 0.3) is 0 Å². The van der Waals surface area contributed by atoms with Crippen molar-refractivity contribution in [2.75, 3.05) is 6.54 Å². The first-order chi connectivity index (χ1) is 17.3. The first-order valence-electron chi connectivity index (χ1n) is 12.1. The molecule has 0 fully saturated rings. The molecule has 0 saturated carbocycles. The number of halogens is 1. The van der Waals surface area contributed by atoms with Crippen LogP contribution in [0, 0.1) is 17.2 Å².